The molecule has 1 aliphatic heterocycles. The number of thioether (sulfide) groups is 1. The van der Waals surface area contributed by atoms with E-state index in [4.69, 9.17) is 0 Å². The fraction of sp³-hybridized carbons (Fsp3) is 0.700. The Morgan fingerprint density at radius 2 is 2.43 bits per heavy atom. The fourth-order valence-electron chi connectivity index (χ4n) is 1.47. The maximum atomic E-state index is 4.32. The van der Waals surface area contributed by atoms with Gasteiger partial charge in [0.2, 0.25) is 0 Å². The van der Waals surface area contributed by atoms with Gasteiger partial charge in [0.25, 0.3) is 0 Å². The summed E-state index contributed by atoms with van der Waals surface area (Å²) in [5, 5.41) is 7.78. The second-order valence-electron chi connectivity index (χ2n) is 4.22. The molecule has 3 nitrogen and oxygen atoms in total. The minimum Gasteiger partial charge on any atom is -0.378 e. The van der Waals surface area contributed by atoms with Crippen LogP contribution < -0.4 is 5.32 Å². The molecule has 1 aromatic rings. The second-order valence-corrected chi connectivity index (χ2v) is 5.30. The van der Waals surface area contributed by atoms with Crippen LogP contribution in [0, 0.1) is 5.92 Å². The van der Waals surface area contributed by atoms with Gasteiger partial charge >= 0.3 is 0 Å². The third-order valence-corrected chi connectivity index (χ3v) is 3.47. The zero-order valence-corrected chi connectivity index (χ0v) is 9.55. The summed E-state index contributed by atoms with van der Waals surface area (Å²) in [6.45, 7) is 5.41. The second kappa shape index (κ2) is 4.26. The number of rotatable bonds is 4. The summed E-state index contributed by atoms with van der Waals surface area (Å²) in [4.78, 5) is 0. The highest BCUT2D eigenvalue weighted by Crippen LogP contribution is 2.21. The molecule has 0 amide bonds. The van der Waals surface area contributed by atoms with Gasteiger partial charge in [-0.05, 0) is 5.92 Å². The third-order valence-electron chi connectivity index (χ3n) is 2.19. The first-order valence-electron chi connectivity index (χ1n) is 5.11. The first-order chi connectivity index (χ1) is 6.74. The van der Waals surface area contributed by atoms with Crippen LogP contribution in [-0.4, -0.2) is 27.3 Å². The van der Waals surface area contributed by atoms with Crippen molar-refractivity contribution in [3.8, 4) is 0 Å². The zero-order chi connectivity index (χ0) is 9.97. The van der Waals surface area contributed by atoms with E-state index >= 15 is 0 Å². The lowest BCUT2D eigenvalue weighted by Crippen LogP contribution is -2.32. The average Bonchev–Trinajstić information content (AvgIpc) is 2.44. The topological polar surface area (TPSA) is 29.9 Å². The summed E-state index contributed by atoms with van der Waals surface area (Å²) in [6, 6.07) is 0.664. The molecule has 4 heteroatoms. The number of aromatic nitrogens is 2. The van der Waals surface area contributed by atoms with Gasteiger partial charge in [-0.3, -0.25) is 4.68 Å². The van der Waals surface area contributed by atoms with Gasteiger partial charge in [-0.2, -0.15) is 16.9 Å². The predicted molar refractivity (Wildman–Crippen MR) is 61.8 cm³/mol. The predicted octanol–water partition coefficient (Wildman–Crippen LogP) is 2.07. The van der Waals surface area contributed by atoms with Crippen LogP contribution in [0.15, 0.2) is 12.4 Å². The molecular formula is C10H17N3S. The van der Waals surface area contributed by atoms with E-state index in [0.29, 0.717) is 12.0 Å². The number of hydrogen-bond acceptors (Lipinski definition) is 3. The van der Waals surface area contributed by atoms with E-state index in [1.54, 1.807) is 0 Å². The van der Waals surface area contributed by atoms with E-state index < -0.39 is 0 Å². The highest BCUT2D eigenvalue weighted by atomic mass is 32.2. The minimum absolute atomic E-state index is 0.655. The highest BCUT2D eigenvalue weighted by molar-refractivity contribution is 8.00. The maximum absolute atomic E-state index is 4.32. The quantitative estimate of drug-likeness (QED) is 0.827. The third kappa shape index (κ3) is 2.44. The normalized spacial score (nSPS) is 17.1. The van der Waals surface area contributed by atoms with Crippen LogP contribution in [0.25, 0.3) is 0 Å². The van der Waals surface area contributed by atoms with E-state index in [9.17, 15) is 0 Å². The van der Waals surface area contributed by atoms with Gasteiger partial charge in [0.1, 0.15) is 0 Å². The minimum atomic E-state index is 0.655. The molecule has 1 N–H and O–H groups in total. The largest absolute Gasteiger partial charge is 0.378 e. The van der Waals surface area contributed by atoms with Crippen molar-refractivity contribution in [3.05, 3.63) is 12.4 Å². The Hall–Kier alpha value is -0.640. The molecule has 2 rings (SSSR count). The van der Waals surface area contributed by atoms with Crippen LogP contribution in [0.4, 0.5) is 5.69 Å². The van der Waals surface area contributed by atoms with Gasteiger partial charge in [-0.1, -0.05) is 13.8 Å². The summed E-state index contributed by atoms with van der Waals surface area (Å²) >= 11 is 1.99. The molecule has 78 valence electrons. The molecule has 0 radical (unpaired) electrons. The van der Waals surface area contributed by atoms with Crippen molar-refractivity contribution in [2.75, 3.05) is 16.8 Å². The van der Waals surface area contributed by atoms with Crippen LogP contribution in [-0.2, 0) is 6.54 Å². The number of nitrogens with one attached hydrogen (secondary N) is 1. The van der Waals surface area contributed by atoms with E-state index in [1.165, 1.54) is 11.5 Å². The highest BCUT2D eigenvalue weighted by Gasteiger charge is 2.17. The van der Waals surface area contributed by atoms with Crippen LogP contribution in [0.1, 0.15) is 13.8 Å². The number of anilines is 1. The maximum Gasteiger partial charge on any atom is 0.0729 e. The van der Waals surface area contributed by atoms with Crippen LogP contribution >= 0.6 is 11.8 Å². The van der Waals surface area contributed by atoms with E-state index in [0.717, 1.165) is 12.2 Å². The fourth-order valence-corrected chi connectivity index (χ4v) is 2.10. The van der Waals surface area contributed by atoms with Gasteiger partial charge < -0.3 is 5.32 Å². The standard InChI is InChI=1S/C10H17N3S/c1-8(2)4-13-5-9(3-11-13)12-10-6-14-7-10/h3,5,8,10,12H,4,6-7H2,1-2H3. The van der Waals surface area contributed by atoms with Crippen molar-refractivity contribution in [1.29, 1.82) is 0 Å². The first-order valence-corrected chi connectivity index (χ1v) is 6.26. The lowest BCUT2D eigenvalue weighted by Gasteiger charge is -2.25. The van der Waals surface area contributed by atoms with Crippen LogP contribution in [0.3, 0.4) is 0 Å². The summed E-state index contributed by atoms with van der Waals surface area (Å²) in [5.41, 5.74) is 1.16. The molecule has 1 aliphatic rings. The molecule has 1 aromatic heterocycles. The Morgan fingerprint density at radius 3 is 3.00 bits per heavy atom. The Bertz CT molecular complexity index is 291. The molecule has 2 heterocycles. The van der Waals surface area contributed by atoms with Crippen molar-refractivity contribution in [3.63, 3.8) is 0 Å². The van der Waals surface area contributed by atoms with Crippen LogP contribution in [0.5, 0.6) is 0 Å². The van der Waals surface area contributed by atoms with Crippen molar-refractivity contribution in [2.45, 2.75) is 26.4 Å². The van der Waals surface area contributed by atoms with Gasteiger partial charge in [0, 0.05) is 30.3 Å². The van der Waals surface area contributed by atoms with Gasteiger partial charge in [-0.25, -0.2) is 0 Å². The molecule has 0 aromatic carbocycles. The molecule has 0 unspecified atom stereocenters. The van der Waals surface area contributed by atoms with Crippen molar-refractivity contribution in [1.82, 2.24) is 9.78 Å². The molecule has 0 bridgehead atoms. The summed E-state index contributed by atoms with van der Waals surface area (Å²) < 4.78 is 2.01. The Balaban J connectivity index is 1.88. The van der Waals surface area contributed by atoms with Crippen LogP contribution in [0.2, 0.25) is 0 Å². The number of hydrogen-bond donors (Lipinski definition) is 1. The van der Waals surface area contributed by atoms with E-state index in [1.807, 2.05) is 22.6 Å². The lowest BCUT2D eigenvalue weighted by molar-refractivity contribution is 0.483. The van der Waals surface area contributed by atoms with Crippen molar-refractivity contribution in [2.24, 2.45) is 5.92 Å². The van der Waals surface area contributed by atoms with Crippen molar-refractivity contribution < 1.29 is 0 Å². The van der Waals surface area contributed by atoms with Crippen molar-refractivity contribution >= 4 is 17.4 Å². The zero-order valence-electron chi connectivity index (χ0n) is 8.73. The Morgan fingerprint density at radius 1 is 1.64 bits per heavy atom. The SMILES string of the molecule is CC(C)Cn1cc(NC2CSC2)cn1. The van der Waals surface area contributed by atoms with Gasteiger partial charge in [0.05, 0.1) is 11.9 Å². The average molecular weight is 211 g/mol. The molecular weight excluding hydrogens is 194 g/mol. The summed E-state index contributed by atoms with van der Waals surface area (Å²) in [7, 11) is 0. The molecule has 14 heavy (non-hydrogen) atoms. The van der Waals surface area contributed by atoms with Gasteiger partial charge in [-0.15, -0.1) is 0 Å². The first kappa shape index (κ1) is 9.90. The summed E-state index contributed by atoms with van der Waals surface area (Å²) in [5.74, 6) is 3.12. The lowest BCUT2D eigenvalue weighted by atomic mass is 10.2. The smallest absolute Gasteiger partial charge is 0.0729 e. The Labute approximate surface area is 89.3 Å². The monoisotopic (exact) mass is 211 g/mol. The number of nitrogens with zero attached hydrogens (tertiary/aromatic N) is 2. The van der Waals surface area contributed by atoms with E-state index in [-0.39, 0.29) is 0 Å². The molecule has 1 saturated heterocycles. The Kier molecular flexibility index (Phi) is 3.01. The molecule has 1 fully saturated rings. The van der Waals surface area contributed by atoms with E-state index in [2.05, 4.69) is 30.5 Å². The molecule has 0 saturated carbocycles. The summed E-state index contributed by atoms with van der Waals surface area (Å²) in [6.07, 6.45) is 4.02. The molecule has 0 spiro atoms. The molecule has 0 aliphatic carbocycles. The van der Waals surface area contributed by atoms with Gasteiger partial charge in [0.15, 0.2) is 0 Å². The molecule has 0 atom stereocenters.